The van der Waals surface area contributed by atoms with Gasteiger partial charge < -0.3 is 9.64 Å². The number of ether oxygens (including phenoxy) is 1. The Bertz CT molecular complexity index is 1390. The van der Waals surface area contributed by atoms with Crippen molar-refractivity contribution in [2.75, 3.05) is 26.3 Å². The van der Waals surface area contributed by atoms with E-state index in [0.29, 0.717) is 46.2 Å². The molecule has 168 valence electrons. The lowest BCUT2D eigenvalue weighted by Gasteiger charge is -2.26. The van der Waals surface area contributed by atoms with Crippen LogP contribution in [0.15, 0.2) is 53.3 Å². The minimum atomic E-state index is -0.393. The Kier molecular flexibility index (Phi) is 7.09. The molecule has 33 heavy (non-hydrogen) atoms. The van der Waals surface area contributed by atoms with Crippen molar-refractivity contribution in [3.8, 4) is 11.8 Å². The van der Waals surface area contributed by atoms with E-state index in [2.05, 4.69) is 13.0 Å². The molecule has 0 radical (unpaired) electrons. The first kappa shape index (κ1) is 23.0. The average molecular weight is 480 g/mol. The third kappa shape index (κ3) is 4.93. The van der Waals surface area contributed by atoms with Crippen LogP contribution in [0.4, 0.5) is 0 Å². The van der Waals surface area contributed by atoms with Gasteiger partial charge in [-0.3, -0.25) is 14.2 Å². The lowest BCUT2D eigenvalue weighted by Crippen LogP contribution is -2.42. The Balaban J connectivity index is 1.98. The number of halogens is 1. The van der Waals surface area contributed by atoms with Crippen molar-refractivity contribution in [3.05, 3.63) is 84.2 Å². The Morgan fingerprint density at radius 3 is 2.58 bits per heavy atom. The first-order valence-corrected chi connectivity index (χ1v) is 11.8. The number of nitrogens with zero attached hydrogens (tertiary/aromatic N) is 3. The van der Waals surface area contributed by atoms with Crippen molar-refractivity contribution >= 4 is 40.5 Å². The number of morpholine rings is 1. The highest BCUT2D eigenvalue weighted by atomic mass is 35.5. The molecule has 0 aliphatic carbocycles. The highest BCUT2D eigenvalue weighted by Gasteiger charge is 2.24. The van der Waals surface area contributed by atoms with Gasteiger partial charge in [0, 0.05) is 18.1 Å². The number of amides is 1. The van der Waals surface area contributed by atoms with Crippen LogP contribution >= 0.6 is 22.9 Å². The van der Waals surface area contributed by atoms with Crippen molar-refractivity contribution in [3.63, 3.8) is 0 Å². The van der Waals surface area contributed by atoms with Gasteiger partial charge in [0.25, 0.3) is 11.5 Å². The van der Waals surface area contributed by atoms with Crippen LogP contribution in [0.2, 0.25) is 5.02 Å². The molecular weight excluding hydrogens is 458 g/mol. The largest absolute Gasteiger partial charge is 0.378 e. The lowest BCUT2D eigenvalue weighted by molar-refractivity contribution is -0.128. The van der Waals surface area contributed by atoms with Gasteiger partial charge in [-0.15, -0.1) is 11.3 Å². The highest BCUT2D eigenvalue weighted by Crippen LogP contribution is 2.12. The summed E-state index contributed by atoms with van der Waals surface area (Å²) in [6, 6.07) is 16.8. The fourth-order valence-electron chi connectivity index (χ4n) is 3.62. The number of carbonyl (C=O) groups is 1. The number of aromatic nitrogens is 1. The molecule has 8 heteroatoms. The number of benzene rings is 2. The van der Waals surface area contributed by atoms with Gasteiger partial charge in [-0.25, -0.2) is 0 Å². The van der Waals surface area contributed by atoms with E-state index in [1.54, 1.807) is 29.2 Å². The molecule has 0 spiro atoms. The third-order valence-corrected chi connectivity index (χ3v) is 6.74. The zero-order chi connectivity index (χ0) is 23.4. The van der Waals surface area contributed by atoms with Crippen LogP contribution in [0.5, 0.6) is 0 Å². The molecule has 0 bridgehead atoms. The van der Waals surface area contributed by atoms with Gasteiger partial charge in [-0.05, 0) is 47.9 Å². The summed E-state index contributed by atoms with van der Waals surface area (Å²) in [4.78, 5) is 28.3. The fraction of sp³-hybridized carbons (Fsp3) is 0.240. The van der Waals surface area contributed by atoms with E-state index in [9.17, 15) is 14.9 Å². The molecular formula is C25H22ClN3O3S. The van der Waals surface area contributed by atoms with E-state index in [4.69, 9.17) is 16.3 Å². The summed E-state index contributed by atoms with van der Waals surface area (Å²) < 4.78 is 7.51. The Hall–Kier alpha value is -3.18. The Morgan fingerprint density at radius 2 is 1.94 bits per heavy atom. The molecule has 0 saturated carbocycles. The minimum Gasteiger partial charge on any atom is -0.378 e. The number of nitriles is 1. The molecule has 1 amide bonds. The van der Waals surface area contributed by atoms with Gasteiger partial charge in [-0.1, -0.05) is 42.8 Å². The number of rotatable bonds is 4. The fourth-order valence-corrected chi connectivity index (χ4v) is 4.92. The second kappa shape index (κ2) is 10.2. The monoisotopic (exact) mass is 479 g/mol. The maximum absolute atomic E-state index is 13.5. The number of carbonyl (C=O) groups excluding carboxylic acids is 1. The van der Waals surface area contributed by atoms with Crippen LogP contribution in [0.25, 0.3) is 17.3 Å². The second-order valence-electron chi connectivity index (χ2n) is 7.52. The summed E-state index contributed by atoms with van der Waals surface area (Å²) in [5.41, 5.74) is 2.16. The van der Waals surface area contributed by atoms with Gasteiger partial charge >= 0.3 is 0 Å². The number of hydrogen-bond acceptors (Lipinski definition) is 5. The van der Waals surface area contributed by atoms with E-state index in [-0.39, 0.29) is 11.1 Å². The molecule has 0 unspecified atom stereocenters. The van der Waals surface area contributed by atoms with Crippen molar-refractivity contribution in [1.29, 1.82) is 5.26 Å². The number of aryl methyl sites for hydroxylation is 1. The minimum absolute atomic E-state index is 0.0516. The SMILES string of the molecule is CCc1ccc(-n2c(=O)/c(=C\c3cccc(Cl)c3)s/c2=C(/C#N)C(=O)N2CCOCC2)cc1. The van der Waals surface area contributed by atoms with Crippen LogP contribution in [0.3, 0.4) is 0 Å². The Morgan fingerprint density at radius 1 is 1.21 bits per heavy atom. The molecule has 1 saturated heterocycles. The van der Waals surface area contributed by atoms with Gasteiger partial charge in [-0.2, -0.15) is 5.26 Å². The predicted octanol–water partition coefficient (Wildman–Crippen LogP) is 2.48. The van der Waals surface area contributed by atoms with Crippen LogP contribution < -0.4 is 14.8 Å². The zero-order valence-corrected chi connectivity index (χ0v) is 19.7. The van der Waals surface area contributed by atoms with E-state index in [1.165, 1.54) is 4.57 Å². The quantitative estimate of drug-likeness (QED) is 0.576. The van der Waals surface area contributed by atoms with Crippen LogP contribution in [0.1, 0.15) is 18.1 Å². The summed E-state index contributed by atoms with van der Waals surface area (Å²) >= 11 is 7.23. The second-order valence-corrected chi connectivity index (χ2v) is 8.99. The molecule has 1 fully saturated rings. The number of hydrogen-bond donors (Lipinski definition) is 0. The summed E-state index contributed by atoms with van der Waals surface area (Å²) in [5.74, 6) is -0.393. The van der Waals surface area contributed by atoms with Crippen LogP contribution in [-0.4, -0.2) is 41.7 Å². The molecule has 4 rings (SSSR count). The smallest absolute Gasteiger partial charge is 0.273 e. The highest BCUT2D eigenvalue weighted by molar-refractivity contribution is 7.07. The van der Waals surface area contributed by atoms with Crippen LogP contribution in [-0.2, 0) is 16.0 Å². The molecule has 6 nitrogen and oxygen atoms in total. The maximum Gasteiger partial charge on any atom is 0.273 e. The van der Waals surface area contributed by atoms with Crippen molar-refractivity contribution < 1.29 is 9.53 Å². The van der Waals surface area contributed by atoms with E-state index in [1.807, 2.05) is 30.3 Å². The molecule has 1 aliphatic heterocycles. The topological polar surface area (TPSA) is 75.3 Å². The maximum atomic E-state index is 13.5. The van der Waals surface area contributed by atoms with Crippen LogP contribution in [0, 0.1) is 11.3 Å². The van der Waals surface area contributed by atoms with E-state index in [0.717, 1.165) is 28.9 Å². The summed E-state index contributed by atoms with van der Waals surface area (Å²) in [6.45, 7) is 3.72. The molecule has 2 aromatic carbocycles. The lowest BCUT2D eigenvalue weighted by atomic mass is 10.1. The first-order valence-electron chi connectivity index (χ1n) is 10.6. The van der Waals surface area contributed by atoms with Gasteiger partial charge in [0.15, 0.2) is 5.57 Å². The van der Waals surface area contributed by atoms with Gasteiger partial charge in [0.2, 0.25) is 0 Å². The summed E-state index contributed by atoms with van der Waals surface area (Å²) in [5, 5.41) is 10.5. The molecule has 0 atom stereocenters. The normalized spacial score (nSPS) is 15.3. The van der Waals surface area contributed by atoms with Gasteiger partial charge in [0.1, 0.15) is 10.7 Å². The van der Waals surface area contributed by atoms with E-state index < -0.39 is 5.91 Å². The van der Waals surface area contributed by atoms with Crippen molar-refractivity contribution in [1.82, 2.24) is 9.47 Å². The van der Waals surface area contributed by atoms with Crippen molar-refractivity contribution in [2.24, 2.45) is 0 Å². The zero-order valence-electron chi connectivity index (χ0n) is 18.1. The molecule has 0 N–H and O–H groups in total. The average Bonchev–Trinajstić information content (AvgIpc) is 3.15. The Labute approximate surface area is 200 Å². The molecule has 1 aromatic heterocycles. The first-order chi connectivity index (χ1) is 16.0. The summed E-state index contributed by atoms with van der Waals surface area (Å²) in [7, 11) is 0. The molecule has 2 heterocycles. The predicted molar refractivity (Wildman–Crippen MR) is 130 cm³/mol. The molecule has 3 aromatic rings. The van der Waals surface area contributed by atoms with E-state index >= 15 is 0 Å². The number of thiazole rings is 1. The summed E-state index contributed by atoms with van der Waals surface area (Å²) in [6.07, 6.45) is 2.60. The van der Waals surface area contributed by atoms with Gasteiger partial charge in [0.05, 0.1) is 23.4 Å². The third-order valence-electron chi connectivity index (χ3n) is 5.41. The standard InChI is InChI=1S/C25H22ClN3O3S/c1-2-17-6-8-20(9-7-17)29-24(31)22(15-18-4-3-5-19(26)14-18)33-25(29)21(16-27)23(30)28-10-12-32-13-11-28/h3-9,14-15H,2,10-13H2,1H3/b22-15+,25-21-. The molecule has 1 aliphatic rings. The van der Waals surface area contributed by atoms with Crippen molar-refractivity contribution in [2.45, 2.75) is 13.3 Å².